The van der Waals surface area contributed by atoms with Crippen LogP contribution in [0.15, 0.2) is 6.07 Å². The van der Waals surface area contributed by atoms with Gasteiger partial charge in [-0.05, 0) is 11.6 Å². The van der Waals surface area contributed by atoms with Gasteiger partial charge in [-0.1, -0.05) is 15.9 Å². The number of pyridine rings is 1. The van der Waals surface area contributed by atoms with Crippen LogP contribution in [0.4, 0.5) is 14.6 Å². The molecule has 0 atom stereocenters. The van der Waals surface area contributed by atoms with Gasteiger partial charge in [0.1, 0.15) is 5.82 Å². The van der Waals surface area contributed by atoms with Crippen LogP contribution in [0, 0.1) is 0 Å². The maximum absolute atomic E-state index is 12.5. The van der Waals surface area contributed by atoms with Gasteiger partial charge in [0.15, 0.2) is 5.69 Å². The van der Waals surface area contributed by atoms with Crippen LogP contribution in [-0.2, 0) is 5.33 Å². The second-order valence-electron chi connectivity index (χ2n) is 2.71. The first kappa shape index (κ1) is 11.8. The van der Waals surface area contributed by atoms with E-state index in [2.05, 4.69) is 20.9 Å². The van der Waals surface area contributed by atoms with Crippen molar-refractivity contribution in [3.8, 4) is 0 Å². The molecule has 0 bridgehead atoms. The fourth-order valence-electron chi connectivity index (χ4n) is 1.10. The Bertz CT molecular complexity index is 398. The smallest absolute Gasteiger partial charge is 0.354 e. The van der Waals surface area contributed by atoms with Gasteiger partial charge in [0, 0.05) is 5.33 Å². The molecule has 0 aliphatic heterocycles. The molecular weight excluding hydrogens is 274 g/mol. The minimum absolute atomic E-state index is 0.0969. The first-order chi connectivity index (χ1) is 6.97. The van der Waals surface area contributed by atoms with Crippen molar-refractivity contribution in [2.75, 3.05) is 5.73 Å². The lowest BCUT2D eigenvalue weighted by atomic mass is 10.1. The van der Waals surface area contributed by atoms with Crippen molar-refractivity contribution in [1.82, 2.24) is 4.98 Å². The van der Waals surface area contributed by atoms with E-state index >= 15 is 0 Å². The number of rotatable bonds is 3. The summed E-state index contributed by atoms with van der Waals surface area (Å²) in [4.78, 5) is 14.0. The Morgan fingerprint density at radius 2 is 2.27 bits per heavy atom. The molecular formula is C8H7BrF2N2O2. The van der Waals surface area contributed by atoms with E-state index in [0.29, 0.717) is 0 Å². The average molecular weight is 281 g/mol. The number of aromatic carboxylic acids is 1. The van der Waals surface area contributed by atoms with Crippen molar-refractivity contribution in [1.29, 1.82) is 0 Å². The third kappa shape index (κ3) is 2.41. The lowest BCUT2D eigenvalue weighted by molar-refractivity contribution is 0.0690. The molecule has 15 heavy (non-hydrogen) atoms. The SMILES string of the molecule is Nc1nc(C(=O)O)cc(CBr)c1C(F)F. The Balaban J connectivity index is 3.37. The Labute approximate surface area is 92.2 Å². The molecule has 0 aromatic carbocycles. The predicted octanol–water partition coefficient (Wildman–Crippen LogP) is 2.19. The van der Waals surface area contributed by atoms with Gasteiger partial charge in [-0.15, -0.1) is 0 Å². The summed E-state index contributed by atoms with van der Waals surface area (Å²) in [6, 6.07) is 1.08. The number of anilines is 1. The molecule has 0 aliphatic rings. The minimum Gasteiger partial charge on any atom is -0.477 e. The molecule has 0 amide bonds. The topological polar surface area (TPSA) is 76.2 Å². The van der Waals surface area contributed by atoms with Crippen molar-refractivity contribution >= 4 is 27.7 Å². The van der Waals surface area contributed by atoms with E-state index in [9.17, 15) is 13.6 Å². The van der Waals surface area contributed by atoms with E-state index < -0.39 is 23.8 Å². The standard InChI is InChI=1S/C8H7BrF2N2O2/c9-2-3-1-4(8(14)15)13-7(12)5(3)6(10)11/h1,6H,2H2,(H2,12,13)(H,14,15). The summed E-state index contributed by atoms with van der Waals surface area (Å²) in [5.41, 5.74) is 4.63. The van der Waals surface area contributed by atoms with Gasteiger partial charge < -0.3 is 10.8 Å². The molecule has 0 saturated carbocycles. The van der Waals surface area contributed by atoms with Gasteiger partial charge in [-0.2, -0.15) is 0 Å². The van der Waals surface area contributed by atoms with Gasteiger partial charge in [-0.25, -0.2) is 18.6 Å². The lowest BCUT2D eigenvalue weighted by Crippen LogP contribution is -2.09. The van der Waals surface area contributed by atoms with Crippen molar-refractivity contribution in [2.24, 2.45) is 0 Å². The first-order valence-corrected chi connectivity index (χ1v) is 4.96. The van der Waals surface area contributed by atoms with E-state index in [1.54, 1.807) is 0 Å². The van der Waals surface area contributed by atoms with Crippen LogP contribution in [0.3, 0.4) is 0 Å². The maximum Gasteiger partial charge on any atom is 0.354 e. The number of carboxylic acid groups (broad SMARTS) is 1. The van der Waals surface area contributed by atoms with E-state index in [1.807, 2.05) is 0 Å². The number of hydrogen-bond acceptors (Lipinski definition) is 3. The number of nitrogens with two attached hydrogens (primary N) is 1. The molecule has 4 nitrogen and oxygen atoms in total. The normalized spacial score (nSPS) is 10.7. The van der Waals surface area contributed by atoms with Crippen LogP contribution >= 0.6 is 15.9 Å². The molecule has 1 aromatic rings. The first-order valence-electron chi connectivity index (χ1n) is 3.84. The highest BCUT2D eigenvalue weighted by molar-refractivity contribution is 9.08. The van der Waals surface area contributed by atoms with Crippen molar-refractivity contribution in [2.45, 2.75) is 11.8 Å². The van der Waals surface area contributed by atoms with E-state index in [4.69, 9.17) is 10.8 Å². The van der Waals surface area contributed by atoms with Gasteiger partial charge in [0.05, 0.1) is 5.56 Å². The van der Waals surface area contributed by atoms with Crippen LogP contribution < -0.4 is 5.73 Å². The van der Waals surface area contributed by atoms with E-state index in [0.717, 1.165) is 6.07 Å². The Morgan fingerprint density at radius 1 is 1.67 bits per heavy atom. The quantitative estimate of drug-likeness (QED) is 0.833. The zero-order chi connectivity index (χ0) is 11.6. The summed E-state index contributed by atoms with van der Waals surface area (Å²) < 4.78 is 25.0. The monoisotopic (exact) mass is 280 g/mol. The highest BCUT2D eigenvalue weighted by Crippen LogP contribution is 2.29. The molecule has 7 heteroatoms. The van der Waals surface area contributed by atoms with E-state index in [-0.39, 0.29) is 16.6 Å². The molecule has 82 valence electrons. The third-order valence-electron chi connectivity index (χ3n) is 1.76. The maximum atomic E-state index is 12.5. The molecule has 0 fully saturated rings. The zero-order valence-electron chi connectivity index (χ0n) is 7.38. The Morgan fingerprint density at radius 3 is 2.67 bits per heavy atom. The zero-order valence-corrected chi connectivity index (χ0v) is 8.96. The second-order valence-corrected chi connectivity index (χ2v) is 3.27. The Kier molecular flexibility index (Phi) is 3.57. The number of nitrogen functional groups attached to an aromatic ring is 1. The molecule has 1 aromatic heterocycles. The number of halogens is 3. The molecule has 0 aliphatic carbocycles. The van der Waals surface area contributed by atoms with Crippen LogP contribution in [-0.4, -0.2) is 16.1 Å². The summed E-state index contributed by atoms with van der Waals surface area (Å²) in [5, 5.41) is 8.73. The fourth-order valence-corrected chi connectivity index (χ4v) is 1.57. The van der Waals surface area contributed by atoms with E-state index in [1.165, 1.54) is 0 Å². The van der Waals surface area contributed by atoms with Crippen LogP contribution in [0.5, 0.6) is 0 Å². The molecule has 0 radical (unpaired) electrons. The fraction of sp³-hybridized carbons (Fsp3) is 0.250. The second kappa shape index (κ2) is 4.52. The van der Waals surface area contributed by atoms with Crippen LogP contribution in [0.2, 0.25) is 0 Å². The summed E-state index contributed by atoms with van der Waals surface area (Å²) in [5.74, 6) is -1.75. The average Bonchev–Trinajstić information content (AvgIpc) is 2.15. The lowest BCUT2D eigenvalue weighted by Gasteiger charge is -2.09. The Hall–Kier alpha value is -1.24. The molecule has 0 unspecified atom stereocenters. The number of carbonyl (C=O) groups is 1. The highest BCUT2D eigenvalue weighted by atomic mass is 79.9. The van der Waals surface area contributed by atoms with Crippen molar-refractivity contribution in [3.05, 3.63) is 22.9 Å². The number of hydrogen-bond donors (Lipinski definition) is 2. The van der Waals surface area contributed by atoms with Gasteiger partial charge in [-0.3, -0.25) is 0 Å². The van der Waals surface area contributed by atoms with Crippen molar-refractivity contribution < 1.29 is 18.7 Å². The molecule has 0 spiro atoms. The van der Waals surface area contributed by atoms with Crippen LogP contribution in [0.25, 0.3) is 0 Å². The van der Waals surface area contributed by atoms with Gasteiger partial charge in [0.2, 0.25) is 0 Å². The molecule has 1 heterocycles. The predicted molar refractivity (Wildman–Crippen MR) is 53.2 cm³/mol. The van der Waals surface area contributed by atoms with Gasteiger partial charge in [0.25, 0.3) is 6.43 Å². The number of carboxylic acids is 1. The molecule has 0 saturated heterocycles. The number of nitrogens with zero attached hydrogens (tertiary/aromatic N) is 1. The molecule has 3 N–H and O–H groups in total. The third-order valence-corrected chi connectivity index (χ3v) is 2.36. The highest BCUT2D eigenvalue weighted by Gasteiger charge is 2.20. The molecule has 1 rings (SSSR count). The summed E-state index contributed by atoms with van der Waals surface area (Å²) in [6.07, 6.45) is -2.77. The number of alkyl halides is 3. The summed E-state index contributed by atoms with van der Waals surface area (Å²) in [7, 11) is 0. The largest absolute Gasteiger partial charge is 0.477 e. The van der Waals surface area contributed by atoms with Crippen molar-refractivity contribution in [3.63, 3.8) is 0 Å². The minimum atomic E-state index is -2.77. The number of aromatic nitrogens is 1. The van der Waals surface area contributed by atoms with Gasteiger partial charge >= 0.3 is 5.97 Å². The van der Waals surface area contributed by atoms with Crippen LogP contribution in [0.1, 0.15) is 28.0 Å². The summed E-state index contributed by atoms with van der Waals surface area (Å²) >= 11 is 2.98. The summed E-state index contributed by atoms with van der Waals surface area (Å²) in [6.45, 7) is 0.